The van der Waals surface area contributed by atoms with Gasteiger partial charge in [0, 0.05) is 38.2 Å². The van der Waals surface area contributed by atoms with Gasteiger partial charge < -0.3 is 9.64 Å². The summed E-state index contributed by atoms with van der Waals surface area (Å²) >= 11 is 0. The summed E-state index contributed by atoms with van der Waals surface area (Å²) < 4.78 is 5.90. The van der Waals surface area contributed by atoms with Crippen LogP contribution in [-0.2, 0) is 11.3 Å². The number of anilines is 1. The summed E-state index contributed by atoms with van der Waals surface area (Å²) in [7, 11) is 2.22. The van der Waals surface area contributed by atoms with Crippen molar-refractivity contribution in [1.82, 2.24) is 19.9 Å². The Kier molecular flexibility index (Phi) is 4.16. The molecule has 0 radical (unpaired) electrons. The lowest BCUT2D eigenvalue weighted by atomic mass is 9.85. The van der Waals surface area contributed by atoms with Gasteiger partial charge in [0.05, 0.1) is 24.4 Å². The highest BCUT2D eigenvalue weighted by atomic mass is 16.5. The Morgan fingerprint density at radius 3 is 2.67 bits per heavy atom. The first-order chi connectivity index (χ1) is 11.8. The first kappa shape index (κ1) is 15.5. The van der Waals surface area contributed by atoms with Crippen molar-refractivity contribution in [1.29, 1.82) is 0 Å². The number of aromatic nitrogens is 3. The molecule has 0 aromatic carbocycles. The molecule has 2 aliphatic rings. The van der Waals surface area contributed by atoms with Crippen LogP contribution in [0.1, 0.15) is 12.1 Å². The third kappa shape index (κ3) is 2.99. The van der Waals surface area contributed by atoms with E-state index in [1.807, 2.05) is 30.5 Å². The van der Waals surface area contributed by atoms with Crippen LogP contribution >= 0.6 is 0 Å². The highest BCUT2D eigenvalue weighted by Crippen LogP contribution is 2.40. The highest BCUT2D eigenvalue weighted by molar-refractivity contribution is 5.38. The van der Waals surface area contributed by atoms with Crippen LogP contribution in [0.4, 0.5) is 5.95 Å². The molecule has 0 bridgehead atoms. The molecule has 2 aromatic rings. The van der Waals surface area contributed by atoms with Crippen LogP contribution in [0.5, 0.6) is 0 Å². The molecule has 1 spiro atoms. The van der Waals surface area contributed by atoms with Gasteiger partial charge in [0.2, 0.25) is 5.95 Å². The molecule has 1 unspecified atom stereocenters. The molecule has 2 saturated heterocycles. The van der Waals surface area contributed by atoms with Gasteiger partial charge in [0.1, 0.15) is 0 Å². The fourth-order valence-electron chi connectivity index (χ4n) is 3.89. The van der Waals surface area contributed by atoms with Crippen LogP contribution in [0.2, 0.25) is 0 Å². The van der Waals surface area contributed by atoms with E-state index in [1.165, 1.54) is 6.42 Å². The fourth-order valence-corrected chi connectivity index (χ4v) is 3.89. The number of rotatable bonds is 5. The summed E-state index contributed by atoms with van der Waals surface area (Å²) in [5, 5.41) is 0. The summed E-state index contributed by atoms with van der Waals surface area (Å²) in [4.78, 5) is 17.7. The van der Waals surface area contributed by atoms with E-state index >= 15 is 0 Å². The zero-order chi connectivity index (χ0) is 16.4. The van der Waals surface area contributed by atoms with Crippen molar-refractivity contribution in [3.8, 4) is 0 Å². The summed E-state index contributed by atoms with van der Waals surface area (Å²) in [5.74, 6) is 1.42. The SMILES string of the molecule is CN1CC(COCc2ccccn2)CC12CN(c1ncccn1)C2. The first-order valence-electron chi connectivity index (χ1n) is 8.46. The Hall–Kier alpha value is -2.05. The number of likely N-dealkylation sites (N-methyl/N-ethyl adjacent to an activating group) is 1. The molecule has 0 amide bonds. The Morgan fingerprint density at radius 2 is 1.92 bits per heavy atom. The van der Waals surface area contributed by atoms with Crippen molar-refractivity contribution in [3.05, 3.63) is 48.5 Å². The largest absolute Gasteiger partial charge is 0.375 e. The molecular formula is C18H23N5O. The molecule has 2 fully saturated rings. The van der Waals surface area contributed by atoms with E-state index in [4.69, 9.17) is 4.74 Å². The van der Waals surface area contributed by atoms with E-state index in [0.29, 0.717) is 12.5 Å². The van der Waals surface area contributed by atoms with Crippen molar-refractivity contribution in [2.75, 3.05) is 38.2 Å². The van der Waals surface area contributed by atoms with Gasteiger partial charge in [0.15, 0.2) is 0 Å². The lowest BCUT2D eigenvalue weighted by Gasteiger charge is -2.51. The third-order valence-electron chi connectivity index (χ3n) is 5.15. The summed E-state index contributed by atoms with van der Waals surface area (Å²) in [6.07, 6.45) is 6.60. The number of pyridine rings is 1. The molecule has 2 aliphatic heterocycles. The van der Waals surface area contributed by atoms with Gasteiger partial charge in [-0.25, -0.2) is 9.97 Å². The van der Waals surface area contributed by atoms with E-state index in [-0.39, 0.29) is 5.54 Å². The van der Waals surface area contributed by atoms with Crippen molar-refractivity contribution >= 4 is 5.95 Å². The summed E-state index contributed by atoms with van der Waals surface area (Å²) in [6, 6.07) is 7.79. The standard InChI is InChI=1S/C18H23N5O/c1-22-10-15(11-24-12-16-5-2-3-6-19-16)9-18(22)13-23(14-18)17-20-7-4-8-21-17/h2-8,15H,9-14H2,1H3. The topological polar surface area (TPSA) is 54.4 Å². The average Bonchev–Trinajstić information content (AvgIpc) is 2.92. The monoisotopic (exact) mass is 325 g/mol. The molecule has 1 atom stereocenters. The van der Waals surface area contributed by atoms with E-state index in [1.54, 1.807) is 12.4 Å². The Labute approximate surface area is 142 Å². The Morgan fingerprint density at radius 1 is 1.12 bits per heavy atom. The van der Waals surface area contributed by atoms with Gasteiger partial charge in [-0.1, -0.05) is 6.07 Å². The second kappa shape index (κ2) is 6.45. The zero-order valence-electron chi connectivity index (χ0n) is 14.0. The lowest BCUT2D eigenvalue weighted by molar-refractivity contribution is 0.0869. The van der Waals surface area contributed by atoms with E-state index in [9.17, 15) is 0 Å². The predicted molar refractivity (Wildman–Crippen MR) is 91.6 cm³/mol. The first-order valence-corrected chi connectivity index (χ1v) is 8.46. The van der Waals surface area contributed by atoms with Gasteiger partial charge in [0.25, 0.3) is 0 Å². The molecule has 0 saturated carbocycles. The van der Waals surface area contributed by atoms with Crippen molar-refractivity contribution < 1.29 is 4.74 Å². The van der Waals surface area contributed by atoms with Crippen LogP contribution in [0, 0.1) is 5.92 Å². The highest BCUT2D eigenvalue weighted by Gasteiger charge is 2.52. The average molecular weight is 325 g/mol. The number of nitrogens with zero attached hydrogens (tertiary/aromatic N) is 5. The summed E-state index contributed by atoms with van der Waals surface area (Å²) in [5.41, 5.74) is 1.26. The second-order valence-corrected chi connectivity index (χ2v) is 6.92. The number of ether oxygens (including phenoxy) is 1. The van der Waals surface area contributed by atoms with Crippen LogP contribution < -0.4 is 4.90 Å². The van der Waals surface area contributed by atoms with E-state index in [0.717, 1.165) is 37.9 Å². The Bertz CT molecular complexity index is 660. The fraction of sp³-hybridized carbons (Fsp3) is 0.500. The second-order valence-electron chi connectivity index (χ2n) is 6.92. The van der Waals surface area contributed by atoms with E-state index in [2.05, 4.69) is 31.8 Å². The van der Waals surface area contributed by atoms with Gasteiger partial charge in [-0.2, -0.15) is 0 Å². The predicted octanol–water partition coefficient (Wildman–Crippen LogP) is 1.60. The maximum atomic E-state index is 5.90. The number of hydrogen-bond acceptors (Lipinski definition) is 6. The third-order valence-corrected chi connectivity index (χ3v) is 5.15. The minimum absolute atomic E-state index is 0.262. The number of hydrogen-bond donors (Lipinski definition) is 0. The maximum absolute atomic E-state index is 5.90. The quantitative estimate of drug-likeness (QED) is 0.832. The lowest BCUT2D eigenvalue weighted by Crippen LogP contribution is -2.67. The maximum Gasteiger partial charge on any atom is 0.225 e. The molecule has 6 nitrogen and oxygen atoms in total. The minimum atomic E-state index is 0.262. The molecule has 4 heterocycles. The Balaban J connectivity index is 1.28. The zero-order valence-corrected chi connectivity index (χ0v) is 14.0. The molecule has 24 heavy (non-hydrogen) atoms. The van der Waals surface area contributed by atoms with Crippen molar-refractivity contribution in [3.63, 3.8) is 0 Å². The van der Waals surface area contributed by atoms with Crippen LogP contribution in [0.3, 0.4) is 0 Å². The molecule has 0 aliphatic carbocycles. The molecule has 6 heteroatoms. The molecule has 2 aromatic heterocycles. The molecule has 4 rings (SSSR count). The van der Waals surface area contributed by atoms with Crippen molar-refractivity contribution in [2.24, 2.45) is 5.92 Å². The van der Waals surface area contributed by atoms with Gasteiger partial charge in [-0.05, 0) is 37.6 Å². The molecule has 0 N–H and O–H groups in total. The van der Waals surface area contributed by atoms with E-state index < -0.39 is 0 Å². The smallest absolute Gasteiger partial charge is 0.225 e. The van der Waals surface area contributed by atoms with Crippen LogP contribution in [0.15, 0.2) is 42.9 Å². The van der Waals surface area contributed by atoms with Crippen molar-refractivity contribution in [2.45, 2.75) is 18.6 Å². The van der Waals surface area contributed by atoms with Crippen LogP contribution in [0.25, 0.3) is 0 Å². The van der Waals surface area contributed by atoms with Gasteiger partial charge in [-0.3, -0.25) is 9.88 Å². The molecular weight excluding hydrogens is 302 g/mol. The number of likely N-dealkylation sites (tertiary alicyclic amines) is 1. The normalized spacial score (nSPS) is 22.7. The van der Waals surface area contributed by atoms with Gasteiger partial charge in [-0.15, -0.1) is 0 Å². The minimum Gasteiger partial charge on any atom is -0.375 e. The summed E-state index contributed by atoms with van der Waals surface area (Å²) in [6.45, 7) is 4.49. The molecule has 126 valence electrons. The van der Waals surface area contributed by atoms with Gasteiger partial charge >= 0.3 is 0 Å². The van der Waals surface area contributed by atoms with Crippen LogP contribution in [-0.4, -0.2) is 58.7 Å².